The molecule has 2 aliphatic rings. The predicted molar refractivity (Wildman–Crippen MR) is 130 cm³/mol. The van der Waals surface area contributed by atoms with E-state index in [1.54, 1.807) is 0 Å². The average Bonchev–Trinajstić information content (AvgIpc) is 3.32. The molecule has 1 aromatic heterocycles. The quantitative estimate of drug-likeness (QED) is 0.527. The first kappa shape index (κ1) is 23.9. The second-order valence-electron chi connectivity index (χ2n) is 9.23. The maximum Gasteiger partial charge on any atom is 0.161 e. The van der Waals surface area contributed by atoms with Gasteiger partial charge in [-0.3, -0.25) is 0 Å². The number of anilines is 1. The fourth-order valence-corrected chi connectivity index (χ4v) is 4.54. The third kappa shape index (κ3) is 6.20. The van der Waals surface area contributed by atoms with Crippen molar-refractivity contribution in [2.45, 2.75) is 38.8 Å². The highest BCUT2D eigenvalue weighted by molar-refractivity contribution is 5.62. The molecular formula is C25H37N5O3. The summed E-state index contributed by atoms with van der Waals surface area (Å²) in [5.41, 5.74) is 3.19. The number of piperazine rings is 1. The third-order valence-electron chi connectivity index (χ3n) is 6.37. The molecule has 0 amide bonds. The van der Waals surface area contributed by atoms with E-state index in [0.717, 1.165) is 68.6 Å². The number of hydrogen-bond donors (Lipinski definition) is 3. The van der Waals surface area contributed by atoms with Crippen molar-refractivity contribution < 1.29 is 14.6 Å². The summed E-state index contributed by atoms with van der Waals surface area (Å²) in [5.74, 6) is 2.95. The molecule has 0 saturated carbocycles. The summed E-state index contributed by atoms with van der Waals surface area (Å²) < 4.78 is 11.4. The molecule has 2 saturated heterocycles. The zero-order chi connectivity index (χ0) is 23.2. The van der Waals surface area contributed by atoms with Crippen LogP contribution in [0, 0.1) is 12.8 Å². The first-order valence-corrected chi connectivity index (χ1v) is 12.0. The number of nitrogens with one attached hydrogen (secondary N) is 2. The number of nitrogens with zero attached hydrogens (tertiary/aromatic N) is 3. The molecule has 0 spiro atoms. The Morgan fingerprint density at radius 2 is 2.24 bits per heavy atom. The molecule has 180 valence electrons. The van der Waals surface area contributed by atoms with Crippen LogP contribution in [0.5, 0.6) is 5.75 Å². The highest BCUT2D eigenvalue weighted by Crippen LogP contribution is 2.30. The van der Waals surface area contributed by atoms with Crippen LogP contribution in [-0.4, -0.2) is 80.3 Å². The summed E-state index contributed by atoms with van der Waals surface area (Å²) in [6, 6.07) is 8.26. The van der Waals surface area contributed by atoms with Gasteiger partial charge in [-0.2, -0.15) is 0 Å². The summed E-state index contributed by atoms with van der Waals surface area (Å²) in [5, 5.41) is 16.4. The van der Waals surface area contributed by atoms with E-state index >= 15 is 0 Å². The number of aliphatic hydroxyl groups is 1. The van der Waals surface area contributed by atoms with Gasteiger partial charge in [0, 0.05) is 62.3 Å². The molecule has 0 aliphatic carbocycles. The number of hydrogen-bond acceptors (Lipinski definition) is 8. The normalized spacial score (nSPS) is 21.9. The topological polar surface area (TPSA) is 91.8 Å². The van der Waals surface area contributed by atoms with Crippen LogP contribution in [-0.2, 0) is 11.2 Å². The monoisotopic (exact) mass is 455 g/mol. The Labute approximate surface area is 196 Å². The van der Waals surface area contributed by atoms with Crippen molar-refractivity contribution in [1.82, 2.24) is 20.6 Å². The predicted octanol–water partition coefficient (Wildman–Crippen LogP) is 1.79. The molecule has 3 heterocycles. The van der Waals surface area contributed by atoms with Crippen molar-refractivity contribution in [1.29, 1.82) is 0 Å². The van der Waals surface area contributed by atoms with Gasteiger partial charge in [0.15, 0.2) is 5.82 Å². The van der Waals surface area contributed by atoms with Crippen LogP contribution in [0.4, 0.5) is 5.82 Å². The molecular weight excluding hydrogens is 418 g/mol. The van der Waals surface area contributed by atoms with Crippen LogP contribution in [0.3, 0.4) is 0 Å². The highest BCUT2D eigenvalue weighted by atomic mass is 16.5. The number of aromatic nitrogens is 2. The van der Waals surface area contributed by atoms with Gasteiger partial charge in [-0.25, -0.2) is 9.97 Å². The van der Waals surface area contributed by atoms with Crippen LogP contribution in [0.1, 0.15) is 24.6 Å². The Kier molecular flexibility index (Phi) is 8.14. The van der Waals surface area contributed by atoms with E-state index in [9.17, 15) is 5.11 Å². The van der Waals surface area contributed by atoms with E-state index in [2.05, 4.69) is 29.4 Å². The lowest BCUT2D eigenvalue weighted by atomic mass is 9.99. The van der Waals surface area contributed by atoms with Crippen molar-refractivity contribution >= 4 is 5.82 Å². The van der Waals surface area contributed by atoms with Gasteiger partial charge in [0.2, 0.25) is 0 Å². The molecule has 0 radical (unpaired) electrons. The number of aliphatic hydroxyl groups excluding tert-OH is 1. The van der Waals surface area contributed by atoms with Crippen LogP contribution in [0.2, 0.25) is 0 Å². The maximum atomic E-state index is 9.97. The van der Waals surface area contributed by atoms with E-state index in [0.29, 0.717) is 24.3 Å². The van der Waals surface area contributed by atoms with Gasteiger partial charge >= 0.3 is 0 Å². The van der Waals surface area contributed by atoms with Gasteiger partial charge in [0.05, 0.1) is 0 Å². The first-order valence-electron chi connectivity index (χ1n) is 12.0. The van der Waals surface area contributed by atoms with Crippen LogP contribution in [0.15, 0.2) is 24.3 Å². The Morgan fingerprint density at radius 1 is 1.36 bits per heavy atom. The van der Waals surface area contributed by atoms with E-state index in [4.69, 9.17) is 19.4 Å². The van der Waals surface area contributed by atoms with E-state index in [-0.39, 0.29) is 6.61 Å². The van der Waals surface area contributed by atoms with Crippen molar-refractivity contribution in [2.24, 2.45) is 5.92 Å². The minimum atomic E-state index is -0.559. The lowest BCUT2D eigenvalue weighted by molar-refractivity contribution is 0.108. The maximum absolute atomic E-state index is 9.97. The SMILES string of the molecule is CNCC(O)COc1cccc(-c2nc(CC3CCOC3)c(C)c(N3CCN[C@@H](C)C3)n2)c1. The summed E-state index contributed by atoms with van der Waals surface area (Å²) in [6.07, 6.45) is 1.43. The van der Waals surface area contributed by atoms with Crippen molar-refractivity contribution in [3.63, 3.8) is 0 Å². The first-order chi connectivity index (χ1) is 16.0. The summed E-state index contributed by atoms with van der Waals surface area (Å²) in [6.45, 7) is 9.53. The molecule has 1 aromatic carbocycles. The molecule has 3 atom stereocenters. The number of likely N-dealkylation sites (N-methyl/N-ethyl adjacent to an activating group) is 1. The Morgan fingerprint density at radius 3 is 3.00 bits per heavy atom. The van der Waals surface area contributed by atoms with Gasteiger partial charge in [0.25, 0.3) is 0 Å². The zero-order valence-corrected chi connectivity index (χ0v) is 20.0. The minimum Gasteiger partial charge on any atom is -0.491 e. The lowest BCUT2D eigenvalue weighted by Gasteiger charge is -2.34. The Bertz CT molecular complexity index is 919. The van der Waals surface area contributed by atoms with Crippen molar-refractivity contribution in [2.75, 3.05) is 57.9 Å². The molecule has 2 unspecified atom stereocenters. The second-order valence-corrected chi connectivity index (χ2v) is 9.23. The standard InChI is InChI=1S/C25H37N5O3/c1-17-14-30(9-8-27-17)25-18(2)23(11-19-7-10-32-15-19)28-24(29-25)20-5-4-6-22(12-20)33-16-21(31)13-26-3/h4-6,12,17,19,21,26-27,31H,7-11,13-16H2,1-3H3/t17-,19?,21?/m0/s1. The molecule has 2 aliphatic heterocycles. The number of ether oxygens (including phenoxy) is 2. The summed E-state index contributed by atoms with van der Waals surface area (Å²) >= 11 is 0. The molecule has 3 N–H and O–H groups in total. The average molecular weight is 456 g/mol. The van der Waals surface area contributed by atoms with Crippen LogP contribution < -0.4 is 20.3 Å². The molecule has 8 nitrogen and oxygen atoms in total. The van der Waals surface area contributed by atoms with Crippen LogP contribution >= 0.6 is 0 Å². The Hall–Kier alpha value is -2.26. The number of rotatable bonds is 9. The van der Waals surface area contributed by atoms with Gasteiger partial charge in [0.1, 0.15) is 24.3 Å². The summed E-state index contributed by atoms with van der Waals surface area (Å²) in [4.78, 5) is 12.4. The third-order valence-corrected chi connectivity index (χ3v) is 6.37. The highest BCUT2D eigenvalue weighted by Gasteiger charge is 2.24. The fraction of sp³-hybridized carbons (Fsp3) is 0.600. The smallest absolute Gasteiger partial charge is 0.161 e. The lowest BCUT2D eigenvalue weighted by Crippen LogP contribution is -2.49. The molecule has 4 rings (SSSR count). The molecule has 33 heavy (non-hydrogen) atoms. The van der Waals surface area contributed by atoms with E-state index < -0.39 is 6.10 Å². The van der Waals surface area contributed by atoms with Gasteiger partial charge in [-0.05, 0) is 51.8 Å². The fourth-order valence-electron chi connectivity index (χ4n) is 4.54. The van der Waals surface area contributed by atoms with Gasteiger partial charge < -0.3 is 30.1 Å². The van der Waals surface area contributed by atoms with Crippen molar-refractivity contribution in [3.8, 4) is 17.1 Å². The second kappa shape index (κ2) is 11.2. The molecule has 2 aromatic rings. The molecule has 8 heteroatoms. The zero-order valence-electron chi connectivity index (χ0n) is 20.0. The summed E-state index contributed by atoms with van der Waals surface area (Å²) in [7, 11) is 1.81. The van der Waals surface area contributed by atoms with E-state index in [1.165, 1.54) is 5.56 Å². The number of benzene rings is 1. The Balaban J connectivity index is 1.64. The largest absolute Gasteiger partial charge is 0.491 e. The van der Waals surface area contributed by atoms with Gasteiger partial charge in [-0.1, -0.05) is 12.1 Å². The van der Waals surface area contributed by atoms with Crippen LogP contribution in [0.25, 0.3) is 11.4 Å². The minimum absolute atomic E-state index is 0.232. The molecule has 2 fully saturated rings. The van der Waals surface area contributed by atoms with Crippen molar-refractivity contribution in [3.05, 3.63) is 35.5 Å². The van der Waals surface area contributed by atoms with E-state index in [1.807, 2.05) is 31.3 Å². The molecule has 0 bridgehead atoms. The van der Waals surface area contributed by atoms with Gasteiger partial charge in [-0.15, -0.1) is 0 Å².